The summed E-state index contributed by atoms with van der Waals surface area (Å²) in [5.74, 6) is 0.397. The van der Waals surface area contributed by atoms with Gasteiger partial charge in [-0.2, -0.15) is 0 Å². The van der Waals surface area contributed by atoms with E-state index < -0.39 is 5.79 Å². The molecule has 4 aliphatic carbocycles. The van der Waals surface area contributed by atoms with Crippen molar-refractivity contribution in [1.29, 1.82) is 0 Å². The first-order chi connectivity index (χ1) is 16.2. The fourth-order valence-electron chi connectivity index (χ4n) is 10.8. The van der Waals surface area contributed by atoms with E-state index in [0.717, 1.165) is 43.3 Å². The van der Waals surface area contributed by atoms with Gasteiger partial charge in [0.2, 0.25) is 5.79 Å². The zero-order valence-corrected chi connectivity index (χ0v) is 23.2. The van der Waals surface area contributed by atoms with Crippen LogP contribution in [0.1, 0.15) is 107 Å². The van der Waals surface area contributed by atoms with Gasteiger partial charge >= 0.3 is 5.97 Å². The Hall–Kier alpha value is -1.13. The highest BCUT2D eigenvalue weighted by molar-refractivity contribution is 5.92. The molecule has 0 radical (unpaired) electrons. The van der Waals surface area contributed by atoms with Crippen molar-refractivity contribution in [1.82, 2.24) is 0 Å². The van der Waals surface area contributed by atoms with Gasteiger partial charge in [0.05, 0.1) is 12.2 Å². The molecule has 2 heterocycles. The van der Waals surface area contributed by atoms with Crippen LogP contribution >= 0.6 is 0 Å². The summed E-state index contributed by atoms with van der Waals surface area (Å²) in [6.45, 7) is 18.5. The Bertz CT molecular complexity index is 1050. The smallest absolute Gasteiger partial charge is 0.336 e. The third-order valence-electron chi connectivity index (χ3n) is 13.0. The summed E-state index contributed by atoms with van der Waals surface area (Å²) >= 11 is 0. The van der Waals surface area contributed by atoms with Crippen molar-refractivity contribution in [2.45, 2.75) is 125 Å². The first kappa shape index (κ1) is 24.2. The first-order valence-electron chi connectivity index (χ1n) is 14.2. The summed E-state index contributed by atoms with van der Waals surface area (Å²) in [7, 11) is 0. The van der Waals surface area contributed by atoms with Crippen molar-refractivity contribution in [2.24, 2.45) is 39.4 Å². The Labute approximate surface area is 211 Å². The van der Waals surface area contributed by atoms with Gasteiger partial charge in [0.1, 0.15) is 0 Å². The molecule has 6 aliphatic rings. The molecule has 2 saturated carbocycles. The summed E-state index contributed by atoms with van der Waals surface area (Å²) in [5.41, 5.74) is 5.63. The predicted octanol–water partition coefficient (Wildman–Crippen LogP) is 6.72. The SMILES string of the molecule is CC1=C(C)C2(C[C@@H](C)[C@H]3[C@@H](C[C@@]4(C)C5=C(CC[C@]34C)[C@@]3(C)CC[C@@H](O)C(C)(C)C3CC5)O2)OC1=O. The lowest BCUT2D eigenvalue weighted by molar-refractivity contribution is -0.262. The van der Waals surface area contributed by atoms with E-state index >= 15 is 0 Å². The number of carbonyl (C=O) groups is 1. The van der Waals surface area contributed by atoms with E-state index in [2.05, 4.69) is 41.5 Å². The van der Waals surface area contributed by atoms with E-state index in [-0.39, 0.29) is 39.8 Å². The van der Waals surface area contributed by atoms with E-state index in [1.54, 1.807) is 11.1 Å². The van der Waals surface area contributed by atoms with E-state index in [9.17, 15) is 9.90 Å². The molecule has 4 nitrogen and oxygen atoms in total. The highest BCUT2D eigenvalue weighted by atomic mass is 16.7. The Kier molecular flexibility index (Phi) is 4.87. The number of esters is 1. The van der Waals surface area contributed by atoms with Crippen LogP contribution in [-0.4, -0.2) is 29.1 Å². The second kappa shape index (κ2) is 7.04. The Balaban J connectivity index is 1.41. The number of aliphatic hydroxyl groups is 1. The van der Waals surface area contributed by atoms with Crippen LogP contribution in [0.4, 0.5) is 0 Å². The Morgan fingerprint density at radius 2 is 1.66 bits per heavy atom. The zero-order chi connectivity index (χ0) is 25.3. The molecule has 35 heavy (non-hydrogen) atoms. The lowest BCUT2D eigenvalue weighted by Crippen LogP contribution is -2.55. The fourth-order valence-corrected chi connectivity index (χ4v) is 10.8. The van der Waals surface area contributed by atoms with Gasteiger partial charge in [-0.25, -0.2) is 4.79 Å². The second-order valence-corrected chi connectivity index (χ2v) is 14.6. The summed E-state index contributed by atoms with van der Waals surface area (Å²) in [4.78, 5) is 12.5. The summed E-state index contributed by atoms with van der Waals surface area (Å²) in [6.07, 6.45) is 8.47. The highest BCUT2D eigenvalue weighted by Crippen LogP contribution is 2.74. The van der Waals surface area contributed by atoms with Crippen LogP contribution in [0.3, 0.4) is 0 Å². The molecular weight excluding hydrogens is 436 g/mol. The van der Waals surface area contributed by atoms with Crippen molar-refractivity contribution < 1.29 is 19.4 Å². The lowest BCUT2D eigenvalue weighted by Gasteiger charge is -2.62. The normalized spacial score (nSPS) is 52.7. The molecule has 0 aromatic carbocycles. The molecule has 2 aliphatic heterocycles. The van der Waals surface area contributed by atoms with Gasteiger partial charge in [-0.1, -0.05) is 52.7 Å². The molecule has 0 aromatic rings. The third-order valence-corrected chi connectivity index (χ3v) is 13.0. The number of ether oxygens (including phenoxy) is 2. The molecule has 0 bridgehead atoms. The zero-order valence-electron chi connectivity index (χ0n) is 23.2. The minimum absolute atomic E-state index is 0.0328. The maximum absolute atomic E-state index is 12.5. The minimum Gasteiger partial charge on any atom is -0.426 e. The lowest BCUT2D eigenvalue weighted by atomic mass is 9.43. The summed E-state index contributed by atoms with van der Waals surface area (Å²) in [5, 5.41) is 10.9. The largest absolute Gasteiger partial charge is 0.426 e. The number of hydrogen-bond donors (Lipinski definition) is 1. The summed E-state index contributed by atoms with van der Waals surface area (Å²) < 4.78 is 12.9. The number of rotatable bonds is 0. The van der Waals surface area contributed by atoms with Crippen LogP contribution in [0.15, 0.2) is 22.3 Å². The molecule has 194 valence electrons. The van der Waals surface area contributed by atoms with Crippen molar-refractivity contribution in [3.05, 3.63) is 22.3 Å². The van der Waals surface area contributed by atoms with Crippen molar-refractivity contribution in [3.63, 3.8) is 0 Å². The van der Waals surface area contributed by atoms with E-state index in [0.29, 0.717) is 17.8 Å². The number of hydrogen-bond acceptors (Lipinski definition) is 4. The molecule has 2 unspecified atom stereocenters. The molecule has 1 saturated heterocycles. The van der Waals surface area contributed by atoms with E-state index in [4.69, 9.17) is 9.47 Å². The van der Waals surface area contributed by atoms with E-state index in [1.165, 1.54) is 19.3 Å². The average Bonchev–Trinajstić information content (AvgIpc) is 3.13. The molecule has 1 spiro atoms. The maximum atomic E-state index is 12.5. The van der Waals surface area contributed by atoms with Gasteiger partial charge in [-0.05, 0) is 98.2 Å². The number of fused-ring (bicyclic) bond motifs is 6. The van der Waals surface area contributed by atoms with Crippen molar-refractivity contribution in [3.8, 4) is 0 Å². The molecule has 9 atom stereocenters. The summed E-state index contributed by atoms with van der Waals surface area (Å²) in [6, 6.07) is 0. The van der Waals surface area contributed by atoms with Gasteiger partial charge in [-0.3, -0.25) is 0 Å². The molecule has 0 amide bonds. The first-order valence-corrected chi connectivity index (χ1v) is 14.2. The monoisotopic (exact) mass is 482 g/mol. The number of aliphatic hydroxyl groups excluding tert-OH is 1. The molecule has 6 rings (SSSR count). The number of allylic oxidation sites excluding steroid dienone is 2. The van der Waals surface area contributed by atoms with Gasteiger partial charge < -0.3 is 14.6 Å². The van der Waals surface area contributed by atoms with Crippen LogP contribution in [-0.2, 0) is 14.3 Å². The Morgan fingerprint density at radius 1 is 0.943 bits per heavy atom. The highest BCUT2D eigenvalue weighted by Gasteiger charge is 2.69. The van der Waals surface area contributed by atoms with Gasteiger partial charge in [0.15, 0.2) is 0 Å². The van der Waals surface area contributed by atoms with Crippen LogP contribution in [0, 0.1) is 39.4 Å². The standard InChI is InChI=1S/C31H46O4/c1-17-15-31(19(3)18(2)26(33)35-31)34-22-16-30(8)21-9-10-23-27(4,5)24(32)12-13-28(23,6)20(21)11-14-29(30,7)25(17)22/h17,22-25,32H,9-16H2,1-8H3/t17-,22-,23?,24-,25+,28-,29-,30+,31?/m1/s1. The van der Waals surface area contributed by atoms with Crippen LogP contribution < -0.4 is 0 Å². The van der Waals surface area contributed by atoms with Crippen molar-refractivity contribution in [2.75, 3.05) is 0 Å². The number of carbonyl (C=O) groups excluding carboxylic acids is 1. The average molecular weight is 483 g/mol. The van der Waals surface area contributed by atoms with Gasteiger partial charge in [0.25, 0.3) is 0 Å². The maximum Gasteiger partial charge on any atom is 0.336 e. The minimum atomic E-state index is -0.855. The third kappa shape index (κ3) is 2.74. The fraction of sp³-hybridized carbons (Fsp3) is 0.839. The molecule has 4 heteroatoms. The van der Waals surface area contributed by atoms with E-state index in [1.807, 2.05) is 13.8 Å². The van der Waals surface area contributed by atoms with Crippen LogP contribution in [0.2, 0.25) is 0 Å². The van der Waals surface area contributed by atoms with Crippen molar-refractivity contribution >= 4 is 5.97 Å². The van der Waals surface area contributed by atoms with Gasteiger partial charge in [0, 0.05) is 17.6 Å². The predicted molar refractivity (Wildman–Crippen MR) is 136 cm³/mol. The van der Waals surface area contributed by atoms with Crippen LogP contribution in [0.25, 0.3) is 0 Å². The molecule has 0 aromatic heterocycles. The molecule has 3 fully saturated rings. The topological polar surface area (TPSA) is 55.8 Å². The quantitative estimate of drug-likeness (QED) is 0.307. The molecule has 1 N–H and O–H groups in total. The van der Waals surface area contributed by atoms with Gasteiger partial charge in [-0.15, -0.1) is 0 Å². The second-order valence-electron chi connectivity index (χ2n) is 14.6. The van der Waals surface area contributed by atoms with Crippen LogP contribution in [0.5, 0.6) is 0 Å². The Morgan fingerprint density at radius 3 is 2.31 bits per heavy atom. The molecular formula is C31H46O4.